The minimum Gasteiger partial charge on any atom is -0.493 e. The first-order chi connectivity index (χ1) is 9.60. The van der Waals surface area contributed by atoms with Crippen LogP contribution >= 0.6 is 34.2 Å². The molecule has 20 heavy (non-hydrogen) atoms. The van der Waals surface area contributed by atoms with Crippen LogP contribution in [0.3, 0.4) is 0 Å². The van der Waals surface area contributed by atoms with Crippen molar-refractivity contribution < 1.29 is 9.47 Å². The molecule has 2 aromatic rings. The van der Waals surface area contributed by atoms with Crippen molar-refractivity contribution in [2.45, 2.75) is 13.3 Å². The van der Waals surface area contributed by atoms with Crippen molar-refractivity contribution >= 4 is 34.2 Å². The van der Waals surface area contributed by atoms with Crippen LogP contribution in [-0.2, 0) is 6.42 Å². The Kier molecular flexibility index (Phi) is 5.04. The van der Waals surface area contributed by atoms with E-state index in [1.165, 1.54) is 0 Å². The van der Waals surface area contributed by atoms with E-state index >= 15 is 0 Å². The maximum Gasteiger partial charge on any atom is 0.161 e. The highest BCUT2D eigenvalue weighted by molar-refractivity contribution is 14.1. The molecule has 1 aromatic heterocycles. The third kappa shape index (κ3) is 2.98. The maximum absolute atomic E-state index is 6.17. The van der Waals surface area contributed by atoms with Crippen LogP contribution in [0, 0.1) is 3.57 Å². The zero-order chi connectivity index (χ0) is 14.7. The van der Waals surface area contributed by atoms with Gasteiger partial charge in [-0.25, -0.2) is 9.97 Å². The average molecular weight is 405 g/mol. The molecule has 0 fully saturated rings. The SMILES string of the molecule is CCc1nc(-c2ccc(OC)c(OC)c2)nc(Cl)c1I. The number of hydrogen-bond acceptors (Lipinski definition) is 4. The summed E-state index contributed by atoms with van der Waals surface area (Å²) in [6.07, 6.45) is 0.806. The third-order valence-electron chi connectivity index (χ3n) is 2.86. The largest absolute Gasteiger partial charge is 0.493 e. The molecule has 0 saturated carbocycles. The predicted octanol–water partition coefficient (Wildman–Crippen LogP) is 3.98. The van der Waals surface area contributed by atoms with Crippen LogP contribution in [0.5, 0.6) is 11.5 Å². The molecule has 2 rings (SSSR count). The highest BCUT2D eigenvalue weighted by Crippen LogP contribution is 2.32. The van der Waals surface area contributed by atoms with Gasteiger partial charge in [-0.3, -0.25) is 0 Å². The smallest absolute Gasteiger partial charge is 0.161 e. The Morgan fingerprint density at radius 2 is 1.85 bits per heavy atom. The van der Waals surface area contributed by atoms with Gasteiger partial charge in [0.05, 0.1) is 23.5 Å². The lowest BCUT2D eigenvalue weighted by atomic mass is 10.2. The van der Waals surface area contributed by atoms with Crippen molar-refractivity contribution in [1.29, 1.82) is 0 Å². The lowest BCUT2D eigenvalue weighted by Crippen LogP contribution is -2.00. The topological polar surface area (TPSA) is 44.2 Å². The number of nitrogens with zero attached hydrogens (tertiary/aromatic N) is 2. The van der Waals surface area contributed by atoms with E-state index in [-0.39, 0.29) is 0 Å². The van der Waals surface area contributed by atoms with Crippen LogP contribution in [0.1, 0.15) is 12.6 Å². The summed E-state index contributed by atoms with van der Waals surface area (Å²) in [5, 5.41) is 0.474. The van der Waals surface area contributed by atoms with Crippen molar-refractivity contribution in [2.75, 3.05) is 14.2 Å². The number of aryl methyl sites for hydroxylation is 1. The number of aromatic nitrogens is 2. The second-order valence-corrected chi connectivity index (χ2v) is 5.46. The number of methoxy groups -OCH3 is 2. The Morgan fingerprint density at radius 3 is 2.45 bits per heavy atom. The first kappa shape index (κ1) is 15.3. The Bertz CT molecular complexity index is 635. The van der Waals surface area contributed by atoms with Gasteiger partial charge in [0.15, 0.2) is 17.3 Å². The summed E-state index contributed by atoms with van der Waals surface area (Å²) in [6.45, 7) is 2.04. The lowest BCUT2D eigenvalue weighted by Gasteiger charge is -2.10. The van der Waals surface area contributed by atoms with Crippen LogP contribution in [0.15, 0.2) is 18.2 Å². The molecule has 0 aliphatic carbocycles. The molecule has 0 amide bonds. The average Bonchev–Trinajstić information content (AvgIpc) is 2.49. The fourth-order valence-electron chi connectivity index (χ4n) is 1.80. The fourth-order valence-corrected chi connectivity index (χ4v) is 2.61. The summed E-state index contributed by atoms with van der Waals surface area (Å²) < 4.78 is 11.4. The summed E-state index contributed by atoms with van der Waals surface area (Å²) in [7, 11) is 3.20. The van der Waals surface area contributed by atoms with Crippen LogP contribution in [0.25, 0.3) is 11.4 Å². The molecule has 0 aliphatic heterocycles. The van der Waals surface area contributed by atoms with Gasteiger partial charge in [-0.15, -0.1) is 0 Å². The summed E-state index contributed by atoms with van der Waals surface area (Å²) in [6, 6.07) is 5.56. The number of ether oxygens (including phenoxy) is 2. The Labute approximate surface area is 136 Å². The fraction of sp³-hybridized carbons (Fsp3) is 0.286. The molecule has 0 bridgehead atoms. The normalized spacial score (nSPS) is 10.4. The number of benzene rings is 1. The standard InChI is InChI=1S/C14H14ClIN2O2/c1-4-9-12(16)13(15)18-14(17-9)8-5-6-10(19-2)11(7-8)20-3/h5-7H,4H2,1-3H3. The quantitative estimate of drug-likeness (QED) is 0.571. The zero-order valence-corrected chi connectivity index (χ0v) is 14.3. The first-order valence-electron chi connectivity index (χ1n) is 6.05. The molecule has 0 unspecified atom stereocenters. The van der Waals surface area contributed by atoms with Gasteiger partial charge in [0.25, 0.3) is 0 Å². The van der Waals surface area contributed by atoms with Crippen LogP contribution in [0.2, 0.25) is 5.15 Å². The third-order valence-corrected chi connectivity index (χ3v) is 4.58. The van der Waals surface area contributed by atoms with E-state index in [0.717, 1.165) is 21.2 Å². The van der Waals surface area contributed by atoms with Gasteiger partial charge in [-0.1, -0.05) is 18.5 Å². The van der Waals surface area contributed by atoms with Crippen molar-refractivity contribution in [1.82, 2.24) is 9.97 Å². The van der Waals surface area contributed by atoms with Crippen LogP contribution in [0.4, 0.5) is 0 Å². The van der Waals surface area contributed by atoms with E-state index in [1.807, 2.05) is 25.1 Å². The van der Waals surface area contributed by atoms with Crippen LogP contribution < -0.4 is 9.47 Å². The predicted molar refractivity (Wildman–Crippen MR) is 87.7 cm³/mol. The van der Waals surface area contributed by atoms with Gasteiger partial charge in [-0.05, 0) is 47.2 Å². The van der Waals surface area contributed by atoms with Crippen molar-refractivity contribution in [3.8, 4) is 22.9 Å². The molecule has 4 nitrogen and oxygen atoms in total. The lowest BCUT2D eigenvalue weighted by molar-refractivity contribution is 0.355. The van der Waals surface area contributed by atoms with E-state index in [2.05, 4.69) is 32.6 Å². The van der Waals surface area contributed by atoms with Gasteiger partial charge >= 0.3 is 0 Å². The molecule has 0 aliphatic rings. The molecule has 0 N–H and O–H groups in total. The second kappa shape index (κ2) is 6.58. The molecule has 0 atom stereocenters. The van der Waals surface area contributed by atoms with Crippen molar-refractivity contribution in [3.63, 3.8) is 0 Å². The number of hydrogen-bond donors (Lipinski definition) is 0. The molecule has 0 spiro atoms. The Hall–Kier alpha value is -1.08. The molecule has 106 valence electrons. The molecule has 1 heterocycles. The van der Waals surface area contributed by atoms with E-state index in [9.17, 15) is 0 Å². The molecular formula is C14H14ClIN2O2. The number of halogens is 2. The molecule has 1 aromatic carbocycles. The van der Waals surface area contributed by atoms with Gasteiger partial charge in [0.2, 0.25) is 0 Å². The number of rotatable bonds is 4. The minimum atomic E-state index is 0.474. The maximum atomic E-state index is 6.17. The van der Waals surface area contributed by atoms with E-state index < -0.39 is 0 Å². The van der Waals surface area contributed by atoms with Crippen molar-refractivity contribution in [2.24, 2.45) is 0 Å². The minimum absolute atomic E-state index is 0.474. The monoisotopic (exact) mass is 404 g/mol. The highest BCUT2D eigenvalue weighted by atomic mass is 127. The molecule has 0 radical (unpaired) electrons. The Morgan fingerprint density at radius 1 is 1.15 bits per heavy atom. The molecule has 6 heteroatoms. The molecule has 0 saturated heterocycles. The van der Waals surface area contributed by atoms with Gasteiger partial charge in [0.1, 0.15) is 5.15 Å². The summed E-state index contributed by atoms with van der Waals surface area (Å²) in [4.78, 5) is 8.89. The van der Waals surface area contributed by atoms with E-state index in [4.69, 9.17) is 21.1 Å². The van der Waals surface area contributed by atoms with E-state index in [0.29, 0.717) is 22.5 Å². The van der Waals surface area contributed by atoms with Gasteiger partial charge in [0, 0.05) is 5.56 Å². The highest BCUT2D eigenvalue weighted by Gasteiger charge is 2.13. The van der Waals surface area contributed by atoms with E-state index in [1.54, 1.807) is 14.2 Å². The molecular weight excluding hydrogens is 391 g/mol. The Balaban J connectivity index is 2.54. The summed E-state index contributed by atoms with van der Waals surface area (Å²) in [5.74, 6) is 1.90. The summed E-state index contributed by atoms with van der Waals surface area (Å²) in [5.41, 5.74) is 1.78. The summed E-state index contributed by atoms with van der Waals surface area (Å²) >= 11 is 8.33. The van der Waals surface area contributed by atoms with Gasteiger partial charge in [-0.2, -0.15) is 0 Å². The zero-order valence-electron chi connectivity index (χ0n) is 11.4. The van der Waals surface area contributed by atoms with Gasteiger partial charge < -0.3 is 9.47 Å². The van der Waals surface area contributed by atoms with Crippen LogP contribution in [-0.4, -0.2) is 24.2 Å². The second-order valence-electron chi connectivity index (χ2n) is 4.02. The van der Waals surface area contributed by atoms with Crippen molar-refractivity contribution in [3.05, 3.63) is 32.6 Å². The first-order valence-corrected chi connectivity index (χ1v) is 7.50.